The number of rotatable bonds is 7. The maximum absolute atomic E-state index is 13.3. The van der Waals surface area contributed by atoms with Crippen molar-refractivity contribution in [1.29, 1.82) is 0 Å². The Morgan fingerprint density at radius 1 is 0.725 bits per heavy atom. The Hall–Kier alpha value is -1.70. The highest BCUT2D eigenvalue weighted by molar-refractivity contribution is 5.89. The van der Waals surface area contributed by atoms with Gasteiger partial charge >= 0.3 is 5.97 Å². The summed E-state index contributed by atoms with van der Waals surface area (Å²) in [6, 6.07) is 3.38. The van der Waals surface area contributed by atoms with Crippen molar-refractivity contribution in [1.82, 2.24) is 4.98 Å². The second-order valence-corrected chi connectivity index (χ2v) is 18.1. The van der Waals surface area contributed by atoms with Gasteiger partial charge < -0.3 is 23.7 Å². The van der Waals surface area contributed by atoms with E-state index in [1.165, 1.54) is 0 Å². The summed E-state index contributed by atoms with van der Waals surface area (Å²) < 4.78 is 33.6. The molecule has 11 nitrogen and oxygen atoms in total. The molecular weight excluding hydrogens is 654 g/mol. The molecule has 8 saturated heterocycles. The smallest absolute Gasteiger partial charge is 0.338 e. The maximum Gasteiger partial charge on any atom is 0.338 e. The highest BCUT2D eigenvalue weighted by atomic mass is 17.3. The molecule has 2 saturated carbocycles. The van der Waals surface area contributed by atoms with Gasteiger partial charge in [0.15, 0.2) is 23.8 Å². The Labute approximate surface area is 301 Å². The van der Waals surface area contributed by atoms with Gasteiger partial charge in [0.25, 0.3) is 0 Å². The van der Waals surface area contributed by atoms with Crippen LogP contribution in [0.4, 0.5) is 0 Å². The van der Waals surface area contributed by atoms with Crippen LogP contribution in [0.2, 0.25) is 0 Å². The van der Waals surface area contributed by atoms with Gasteiger partial charge in [-0.25, -0.2) is 24.3 Å². The Morgan fingerprint density at radius 3 is 1.71 bits per heavy atom. The van der Waals surface area contributed by atoms with Crippen molar-refractivity contribution in [2.45, 2.75) is 153 Å². The van der Waals surface area contributed by atoms with E-state index in [0.717, 1.165) is 51.4 Å². The van der Waals surface area contributed by atoms with Crippen LogP contribution in [0.1, 0.15) is 116 Å². The van der Waals surface area contributed by atoms with Gasteiger partial charge in [0.2, 0.25) is 11.6 Å². The first-order valence-corrected chi connectivity index (χ1v) is 19.9. The zero-order valence-corrected chi connectivity index (χ0v) is 31.1. The lowest BCUT2D eigenvalue weighted by molar-refractivity contribution is -0.571. The minimum absolute atomic E-state index is 0.0400. The first-order valence-electron chi connectivity index (χ1n) is 19.9. The van der Waals surface area contributed by atoms with Crippen molar-refractivity contribution in [2.75, 3.05) is 6.61 Å². The van der Waals surface area contributed by atoms with Crippen LogP contribution in [0.3, 0.4) is 0 Å². The van der Waals surface area contributed by atoms with Gasteiger partial charge in [0, 0.05) is 37.1 Å². The lowest BCUT2D eigenvalue weighted by atomic mass is 9.56. The summed E-state index contributed by atoms with van der Waals surface area (Å²) in [5.41, 5.74) is -0.750. The van der Waals surface area contributed by atoms with Crippen LogP contribution in [0.25, 0.3) is 0 Å². The highest BCUT2D eigenvalue weighted by Crippen LogP contribution is 2.63. The molecule has 10 aliphatic rings. The summed E-state index contributed by atoms with van der Waals surface area (Å²) in [5, 5.41) is 0. The summed E-state index contributed by atoms with van der Waals surface area (Å²) >= 11 is 0. The SMILES string of the molecule is C[C@@H]1CC[C@H]2[C@@H](C)C(CC(COC(=O)c3ccncc3)CC3OC4O[C@]5(C)CC[C@H]6[C@H](C)CC[C@@H]([C@H]3C)C46OO5)OC3O[C@]4(C)CCC1C32OO4. The monoisotopic (exact) mass is 711 g/mol. The van der Waals surface area contributed by atoms with Crippen LogP contribution in [0, 0.1) is 53.3 Å². The Balaban J connectivity index is 0.995. The summed E-state index contributed by atoms with van der Waals surface area (Å²) in [5.74, 6) is 0.367. The highest BCUT2D eigenvalue weighted by Gasteiger charge is 2.71. The van der Waals surface area contributed by atoms with Crippen molar-refractivity contribution in [3.63, 3.8) is 0 Å². The Kier molecular flexibility index (Phi) is 8.71. The molecule has 0 radical (unpaired) electrons. The third-order valence-corrected chi connectivity index (χ3v) is 15.1. The van der Waals surface area contributed by atoms with Gasteiger partial charge in [-0.15, -0.1) is 0 Å². The zero-order chi connectivity index (χ0) is 35.3. The lowest BCUT2D eigenvalue weighted by Gasteiger charge is -2.61. The molecule has 11 heteroatoms. The van der Waals surface area contributed by atoms with Crippen LogP contribution in [0.5, 0.6) is 0 Å². The second-order valence-electron chi connectivity index (χ2n) is 18.1. The van der Waals surface area contributed by atoms with E-state index in [-0.39, 0.29) is 54.4 Å². The molecule has 8 aliphatic heterocycles. The molecule has 10 fully saturated rings. The number of pyridine rings is 1. The van der Waals surface area contributed by atoms with Crippen molar-refractivity contribution in [2.24, 2.45) is 53.3 Å². The van der Waals surface area contributed by atoms with Crippen molar-refractivity contribution in [3.05, 3.63) is 30.1 Å². The Bertz CT molecular complexity index is 1390. The number of aromatic nitrogens is 1. The molecule has 9 heterocycles. The standard InChI is InChI=1S/C40H57NO10/c1-22-7-9-30-24(3)32(44-35-39(30)28(22)11-15-37(5,46-35)48-50-39)19-26(21-43-34(42)27-13-17-41-18-14-27)20-33-25(4)31-10-8-23(2)29-12-16-38(6)47-36(45-33)40(29,31)51-49-38/h13-14,17-18,22-26,28-33,35-36H,7-12,15-16,19-21H2,1-6H3/t22-,23-,24-,25-,26?,28+,29?,30+,31+,32?,33?,35?,36?,37+,38+,39?,40?/m1/s1. The van der Waals surface area contributed by atoms with Crippen molar-refractivity contribution in [3.8, 4) is 0 Å². The van der Waals surface area contributed by atoms with Gasteiger partial charge in [0.05, 0.1) is 24.4 Å². The molecule has 2 spiro atoms. The number of hydrogen-bond acceptors (Lipinski definition) is 11. The van der Waals surface area contributed by atoms with Crippen LogP contribution >= 0.6 is 0 Å². The Morgan fingerprint density at radius 2 is 1.22 bits per heavy atom. The third kappa shape index (κ3) is 5.49. The molecule has 0 amide bonds. The summed E-state index contributed by atoms with van der Waals surface area (Å²) in [6.07, 6.45) is 11.3. The predicted octanol–water partition coefficient (Wildman–Crippen LogP) is 7.14. The summed E-state index contributed by atoms with van der Waals surface area (Å²) in [6.45, 7) is 13.5. The van der Waals surface area contributed by atoms with Crippen molar-refractivity contribution < 1.29 is 48.0 Å². The lowest BCUT2D eigenvalue weighted by Crippen LogP contribution is -2.70. The van der Waals surface area contributed by atoms with Gasteiger partial charge in [0.1, 0.15) is 0 Å². The van der Waals surface area contributed by atoms with E-state index in [0.29, 0.717) is 42.1 Å². The maximum atomic E-state index is 13.3. The number of carbonyl (C=O) groups excluding carboxylic acids is 1. The molecule has 1 aromatic rings. The van der Waals surface area contributed by atoms with Gasteiger partial charge in [-0.05, 0) is 119 Å². The van der Waals surface area contributed by atoms with Gasteiger partial charge in [-0.1, -0.05) is 27.7 Å². The fourth-order valence-corrected chi connectivity index (χ4v) is 12.2. The zero-order valence-electron chi connectivity index (χ0n) is 31.1. The average Bonchev–Trinajstić information content (AvgIpc) is 3.49. The van der Waals surface area contributed by atoms with Crippen LogP contribution < -0.4 is 0 Å². The largest absolute Gasteiger partial charge is 0.462 e. The molecule has 4 bridgehead atoms. The molecular formula is C40H57NO10. The fourth-order valence-electron chi connectivity index (χ4n) is 12.2. The minimum atomic E-state index is -0.834. The molecule has 282 valence electrons. The van der Waals surface area contributed by atoms with E-state index < -0.39 is 35.4 Å². The van der Waals surface area contributed by atoms with E-state index in [4.69, 9.17) is 43.2 Å². The molecule has 8 unspecified atom stereocenters. The predicted molar refractivity (Wildman–Crippen MR) is 181 cm³/mol. The first kappa shape index (κ1) is 35.0. The molecule has 11 rings (SSSR count). The normalized spacial score (nSPS) is 51.8. The van der Waals surface area contributed by atoms with Crippen LogP contribution in [0.15, 0.2) is 24.5 Å². The second kappa shape index (κ2) is 12.7. The number of fused-ring (bicyclic) bond motifs is 4. The molecule has 0 aromatic carbocycles. The number of hydrogen-bond donors (Lipinski definition) is 0. The molecule has 51 heavy (non-hydrogen) atoms. The van der Waals surface area contributed by atoms with E-state index in [1.807, 2.05) is 13.8 Å². The van der Waals surface area contributed by atoms with E-state index in [2.05, 4.69) is 32.7 Å². The molecule has 17 atom stereocenters. The third-order valence-electron chi connectivity index (χ3n) is 15.1. The number of ether oxygens (including phenoxy) is 5. The quantitative estimate of drug-likeness (QED) is 0.213. The van der Waals surface area contributed by atoms with E-state index in [9.17, 15) is 4.79 Å². The first-order chi connectivity index (χ1) is 24.4. The minimum Gasteiger partial charge on any atom is -0.462 e. The van der Waals surface area contributed by atoms with E-state index in [1.54, 1.807) is 24.5 Å². The van der Waals surface area contributed by atoms with Gasteiger partial charge in [-0.3, -0.25) is 4.98 Å². The number of nitrogens with zero attached hydrogens (tertiary/aromatic N) is 1. The van der Waals surface area contributed by atoms with Crippen LogP contribution in [-0.4, -0.2) is 65.1 Å². The summed E-state index contributed by atoms with van der Waals surface area (Å²) in [4.78, 5) is 42.4. The fraction of sp³-hybridized carbons (Fsp3) is 0.850. The van der Waals surface area contributed by atoms with E-state index >= 15 is 0 Å². The average molecular weight is 712 g/mol. The summed E-state index contributed by atoms with van der Waals surface area (Å²) in [7, 11) is 0. The molecule has 2 aliphatic carbocycles. The number of esters is 1. The topological polar surface area (TPSA) is 113 Å². The number of carbonyl (C=O) groups is 1. The molecule has 0 N–H and O–H groups in total. The molecule has 1 aromatic heterocycles. The van der Waals surface area contributed by atoms with Crippen LogP contribution in [-0.2, 0) is 43.2 Å². The van der Waals surface area contributed by atoms with Gasteiger partial charge in [-0.2, -0.15) is 0 Å². The van der Waals surface area contributed by atoms with Crippen molar-refractivity contribution >= 4 is 5.97 Å².